The predicted molar refractivity (Wildman–Crippen MR) is 157 cm³/mol. The molecule has 0 aliphatic heterocycles. The molecule has 0 spiro atoms. The molecular formula is C32H63NO3. The molecular weight excluding hydrogens is 446 g/mol. The Bertz CT molecular complexity index is 452. The van der Waals surface area contributed by atoms with Gasteiger partial charge in [0.2, 0.25) is 0 Å². The third-order valence-electron chi connectivity index (χ3n) is 6.83. The van der Waals surface area contributed by atoms with Gasteiger partial charge < -0.3 is 14.8 Å². The Hall–Kier alpha value is -0.870. The van der Waals surface area contributed by atoms with E-state index in [9.17, 15) is 4.79 Å². The van der Waals surface area contributed by atoms with E-state index in [0.717, 1.165) is 45.4 Å². The largest absolute Gasteiger partial charge is 0.461 e. The molecule has 0 unspecified atom stereocenters. The molecule has 214 valence electrons. The van der Waals surface area contributed by atoms with Gasteiger partial charge >= 0.3 is 5.97 Å². The highest BCUT2D eigenvalue weighted by Gasteiger charge is 2.09. The van der Waals surface area contributed by atoms with Crippen molar-refractivity contribution in [3.63, 3.8) is 0 Å². The van der Waals surface area contributed by atoms with Crippen LogP contribution in [-0.4, -0.2) is 38.4 Å². The van der Waals surface area contributed by atoms with Crippen molar-refractivity contribution in [2.24, 2.45) is 0 Å². The van der Waals surface area contributed by atoms with Crippen LogP contribution in [0.4, 0.5) is 0 Å². The van der Waals surface area contributed by atoms with Gasteiger partial charge in [0, 0.05) is 13.0 Å². The van der Waals surface area contributed by atoms with Crippen LogP contribution in [0, 0.1) is 0 Å². The van der Waals surface area contributed by atoms with Crippen molar-refractivity contribution < 1.29 is 14.3 Å². The summed E-state index contributed by atoms with van der Waals surface area (Å²) in [6.07, 6.45) is 30.3. The zero-order chi connectivity index (χ0) is 26.4. The lowest BCUT2D eigenvalue weighted by atomic mass is 10.0. The lowest BCUT2D eigenvalue weighted by Crippen LogP contribution is -2.19. The number of hydrogen-bond acceptors (Lipinski definition) is 4. The van der Waals surface area contributed by atoms with E-state index in [2.05, 4.69) is 32.2 Å². The number of hydrogen-bond donors (Lipinski definition) is 1. The average Bonchev–Trinajstić information content (AvgIpc) is 2.88. The molecule has 0 aromatic heterocycles. The Morgan fingerprint density at radius 3 is 1.89 bits per heavy atom. The maximum atomic E-state index is 11.8. The quantitative estimate of drug-likeness (QED) is 0.0620. The molecule has 0 bridgehead atoms. The van der Waals surface area contributed by atoms with Crippen molar-refractivity contribution in [3.05, 3.63) is 12.2 Å². The molecule has 0 rings (SSSR count). The lowest BCUT2D eigenvalue weighted by molar-refractivity contribution is -0.142. The van der Waals surface area contributed by atoms with Gasteiger partial charge in [0.15, 0.2) is 0 Å². The first kappa shape index (κ1) is 35.1. The van der Waals surface area contributed by atoms with Crippen molar-refractivity contribution in [1.29, 1.82) is 0 Å². The molecule has 0 saturated carbocycles. The van der Waals surface area contributed by atoms with Crippen LogP contribution in [0.3, 0.4) is 0 Å². The van der Waals surface area contributed by atoms with Crippen molar-refractivity contribution in [2.45, 2.75) is 162 Å². The zero-order valence-electron chi connectivity index (χ0n) is 24.6. The average molecular weight is 510 g/mol. The molecule has 0 amide bonds. The van der Waals surface area contributed by atoms with Gasteiger partial charge in [-0.05, 0) is 58.0 Å². The SMILES string of the molecule is CCCCCC/C=C\COC(=O)CCCNCCCCOC(CCCCCCC)CCCCCCC. The Balaban J connectivity index is 3.68. The molecule has 0 aromatic rings. The first-order valence-electron chi connectivity index (χ1n) is 15.9. The number of nitrogens with one attached hydrogen (secondary N) is 1. The van der Waals surface area contributed by atoms with Crippen LogP contribution >= 0.6 is 0 Å². The Morgan fingerprint density at radius 1 is 0.667 bits per heavy atom. The van der Waals surface area contributed by atoms with Gasteiger partial charge in [0.1, 0.15) is 6.61 Å². The summed E-state index contributed by atoms with van der Waals surface area (Å²) in [4.78, 5) is 11.8. The van der Waals surface area contributed by atoms with E-state index >= 15 is 0 Å². The molecule has 4 heteroatoms. The minimum atomic E-state index is -0.0868. The van der Waals surface area contributed by atoms with Gasteiger partial charge in [-0.2, -0.15) is 0 Å². The summed E-state index contributed by atoms with van der Waals surface area (Å²) in [7, 11) is 0. The van der Waals surface area contributed by atoms with Gasteiger partial charge in [-0.1, -0.05) is 116 Å². The number of carbonyl (C=O) groups is 1. The van der Waals surface area contributed by atoms with Crippen LogP contribution in [0.15, 0.2) is 12.2 Å². The van der Waals surface area contributed by atoms with Crippen LogP contribution < -0.4 is 5.32 Å². The number of carbonyl (C=O) groups excluding carboxylic acids is 1. The van der Waals surface area contributed by atoms with Gasteiger partial charge in [0.05, 0.1) is 6.10 Å². The van der Waals surface area contributed by atoms with Crippen LogP contribution in [0.2, 0.25) is 0 Å². The molecule has 0 aliphatic rings. The van der Waals surface area contributed by atoms with Gasteiger partial charge in [-0.15, -0.1) is 0 Å². The van der Waals surface area contributed by atoms with E-state index in [1.807, 2.05) is 6.08 Å². The normalized spacial score (nSPS) is 11.7. The van der Waals surface area contributed by atoms with Gasteiger partial charge in [-0.3, -0.25) is 4.79 Å². The second-order valence-corrected chi connectivity index (χ2v) is 10.5. The number of allylic oxidation sites excluding steroid dienone is 1. The van der Waals surface area contributed by atoms with E-state index in [0.29, 0.717) is 19.1 Å². The third kappa shape index (κ3) is 27.7. The summed E-state index contributed by atoms with van der Waals surface area (Å²) in [5.74, 6) is -0.0868. The topological polar surface area (TPSA) is 47.6 Å². The molecule has 0 heterocycles. The first-order valence-corrected chi connectivity index (χ1v) is 15.9. The number of esters is 1. The van der Waals surface area contributed by atoms with Gasteiger partial charge in [0.25, 0.3) is 0 Å². The summed E-state index contributed by atoms with van der Waals surface area (Å²) in [6, 6.07) is 0. The smallest absolute Gasteiger partial charge is 0.306 e. The van der Waals surface area contributed by atoms with Crippen molar-refractivity contribution in [1.82, 2.24) is 5.32 Å². The summed E-state index contributed by atoms with van der Waals surface area (Å²) < 4.78 is 11.6. The summed E-state index contributed by atoms with van der Waals surface area (Å²) >= 11 is 0. The highest BCUT2D eigenvalue weighted by atomic mass is 16.5. The van der Waals surface area contributed by atoms with Crippen LogP contribution in [-0.2, 0) is 14.3 Å². The number of ether oxygens (including phenoxy) is 2. The second kappa shape index (κ2) is 30.4. The van der Waals surface area contributed by atoms with E-state index in [-0.39, 0.29) is 5.97 Å². The first-order chi connectivity index (χ1) is 17.7. The summed E-state index contributed by atoms with van der Waals surface area (Å²) in [6.45, 7) is 9.96. The zero-order valence-corrected chi connectivity index (χ0v) is 24.6. The maximum absolute atomic E-state index is 11.8. The van der Waals surface area contributed by atoms with E-state index in [1.54, 1.807) is 0 Å². The van der Waals surface area contributed by atoms with Crippen LogP contribution in [0.25, 0.3) is 0 Å². The summed E-state index contributed by atoms with van der Waals surface area (Å²) in [5, 5.41) is 3.46. The minimum absolute atomic E-state index is 0.0868. The Labute approximate surface area is 225 Å². The maximum Gasteiger partial charge on any atom is 0.306 e. The predicted octanol–water partition coefficient (Wildman–Crippen LogP) is 9.31. The highest BCUT2D eigenvalue weighted by Crippen LogP contribution is 2.16. The summed E-state index contributed by atoms with van der Waals surface area (Å²) in [5.41, 5.74) is 0. The fourth-order valence-corrected chi connectivity index (χ4v) is 4.44. The van der Waals surface area contributed by atoms with E-state index < -0.39 is 0 Å². The van der Waals surface area contributed by atoms with Crippen molar-refractivity contribution in [3.8, 4) is 0 Å². The monoisotopic (exact) mass is 509 g/mol. The minimum Gasteiger partial charge on any atom is -0.461 e. The van der Waals surface area contributed by atoms with Crippen LogP contribution in [0.1, 0.15) is 156 Å². The Morgan fingerprint density at radius 2 is 1.25 bits per heavy atom. The standard InChI is InChI=1S/C32H63NO3/c1-4-7-10-13-14-17-21-30-36-32(34)26-23-28-33-27-20-22-29-35-31(24-18-15-11-8-5-2)25-19-16-12-9-6-3/h17,21,31,33H,4-16,18-20,22-30H2,1-3H3/b21-17-. The Kier molecular flexibility index (Phi) is 29.6. The molecule has 4 nitrogen and oxygen atoms in total. The van der Waals surface area contributed by atoms with E-state index in [1.165, 1.54) is 103 Å². The van der Waals surface area contributed by atoms with Crippen molar-refractivity contribution >= 4 is 5.97 Å². The van der Waals surface area contributed by atoms with Crippen molar-refractivity contribution in [2.75, 3.05) is 26.3 Å². The molecule has 1 N–H and O–H groups in total. The molecule has 0 aromatic carbocycles. The van der Waals surface area contributed by atoms with Gasteiger partial charge in [-0.25, -0.2) is 0 Å². The molecule has 36 heavy (non-hydrogen) atoms. The number of rotatable bonds is 29. The molecule has 0 fully saturated rings. The fourth-order valence-electron chi connectivity index (χ4n) is 4.44. The lowest BCUT2D eigenvalue weighted by Gasteiger charge is -2.18. The molecule has 0 radical (unpaired) electrons. The second-order valence-electron chi connectivity index (χ2n) is 10.5. The molecule has 0 aliphatic carbocycles. The van der Waals surface area contributed by atoms with E-state index in [4.69, 9.17) is 9.47 Å². The third-order valence-corrected chi connectivity index (χ3v) is 6.83. The fraction of sp³-hybridized carbons (Fsp3) is 0.906. The molecule has 0 saturated heterocycles. The highest BCUT2D eigenvalue weighted by molar-refractivity contribution is 5.69. The number of unbranched alkanes of at least 4 members (excludes halogenated alkanes) is 13. The van der Waals surface area contributed by atoms with Crippen LogP contribution in [0.5, 0.6) is 0 Å². The molecule has 0 atom stereocenters.